The van der Waals surface area contributed by atoms with Gasteiger partial charge in [0.2, 0.25) is 0 Å². The van der Waals surface area contributed by atoms with Crippen LogP contribution in [0.15, 0.2) is 18.2 Å². The number of carboxylic acid groups (broad SMARTS) is 1. The second kappa shape index (κ2) is 6.06. The Morgan fingerprint density at radius 1 is 1.42 bits per heavy atom. The molecule has 0 saturated carbocycles. The molecular formula is C15H21NO3. The van der Waals surface area contributed by atoms with Gasteiger partial charge in [-0.2, -0.15) is 0 Å². The summed E-state index contributed by atoms with van der Waals surface area (Å²) in [6.45, 7) is 4.43. The van der Waals surface area contributed by atoms with Gasteiger partial charge in [0.05, 0.1) is 11.3 Å². The Kier molecular flexibility index (Phi) is 4.43. The van der Waals surface area contributed by atoms with Crippen molar-refractivity contribution < 1.29 is 14.6 Å². The van der Waals surface area contributed by atoms with Gasteiger partial charge in [0.1, 0.15) is 0 Å². The van der Waals surface area contributed by atoms with Gasteiger partial charge in [-0.1, -0.05) is 11.6 Å². The summed E-state index contributed by atoms with van der Waals surface area (Å²) in [4.78, 5) is 13.4. The molecule has 1 aliphatic rings. The minimum atomic E-state index is -0.863. The first-order valence-electron chi connectivity index (χ1n) is 6.70. The summed E-state index contributed by atoms with van der Waals surface area (Å²) >= 11 is 0. The first-order chi connectivity index (χ1) is 9.08. The predicted molar refractivity (Wildman–Crippen MR) is 75.0 cm³/mol. The normalized spacial score (nSPS) is 16.3. The molecule has 1 aliphatic heterocycles. The fraction of sp³-hybridized carbons (Fsp3) is 0.533. The number of carboxylic acids is 1. The average Bonchev–Trinajstić information content (AvgIpc) is 2.39. The van der Waals surface area contributed by atoms with Crippen LogP contribution in [0.3, 0.4) is 0 Å². The Bertz CT molecular complexity index is 453. The number of anilines is 1. The highest BCUT2D eigenvalue weighted by molar-refractivity contribution is 5.94. The van der Waals surface area contributed by atoms with Crippen LogP contribution in [0.25, 0.3) is 0 Å². The zero-order chi connectivity index (χ0) is 13.8. The van der Waals surface area contributed by atoms with Crippen LogP contribution >= 0.6 is 0 Å². The second-order valence-corrected chi connectivity index (χ2v) is 5.26. The molecule has 0 atom stereocenters. The maximum atomic E-state index is 11.3. The molecule has 104 valence electrons. The Balaban J connectivity index is 2.13. The lowest BCUT2D eigenvalue weighted by Crippen LogP contribution is -2.30. The van der Waals surface area contributed by atoms with Gasteiger partial charge in [-0.05, 0) is 37.8 Å². The monoisotopic (exact) mass is 263 g/mol. The Hall–Kier alpha value is -1.55. The largest absolute Gasteiger partial charge is 0.478 e. The second-order valence-electron chi connectivity index (χ2n) is 5.26. The molecular weight excluding hydrogens is 242 g/mol. The number of aryl methyl sites for hydroxylation is 1. The summed E-state index contributed by atoms with van der Waals surface area (Å²) in [5, 5.41) is 9.30. The topological polar surface area (TPSA) is 49.8 Å². The van der Waals surface area contributed by atoms with Crippen molar-refractivity contribution >= 4 is 11.7 Å². The Morgan fingerprint density at radius 3 is 2.74 bits per heavy atom. The molecule has 0 spiro atoms. The van der Waals surface area contributed by atoms with Crippen LogP contribution < -0.4 is 4.90 Å². The standard InChI is InChI=1S/C15H21NO3/c1-11-3-4-14(13(9-11)15(17)18)16(2)10-12-5-7-19-8-6-12/h3-4,9,12H,5-8,10H2,1-2H3,(H,17,18). The molecule has 2 rings (SSSR count). The summed E-state index contributed by atoms with van der Waals surface area (Å²) < 4.78 is 5.35. The van der Waals surface area contributed by atoms with Gasteiger partial charge < -0.3 is 14.7 Å². The van der Waals surface area contributed by atoms with Crippen LogP contribution in [0.5, 0.6) is 0 Å². The molecule has 1 fully saturated rings. The summed E-state index contributed by atoms with van der Waals surface area (Å²) in [6, 6.07) is 5.60. The highest BCUT2D eigenvalue weighted by atomic mass is 16.5. The molecule has 0 bridgehead atoms. The number of ether oxygens (including phenoxy) is 1. The van der Waals surface area contributed by atoms with Crippen molar-refractivity contribution in [2.24, 2.45) is 5.92 Å². The fourth-order valence-electron chi connectivity index (χ4n) is 2.57. The van der Waals surface area contributed by atoms with Crippen molar-refractivity contribution in [3.05, 3.63) is 29.3 Å². The molecule has 0 amide bonds. The average molecular weight is 263 g/mol. The molecule has 1 N–H and O–H groups in total. The maximum Gasteiger partial charge on any atom is 0.337 e. The molecule has 4 nitrogen and oxygen atoms in total. The molecule has 0 unspecified atom stereocenters. The Morgan fingerprint density at radius 2 is 2.11 bits per heavy atom. The molecule has 1 heterocycles. The van der Waals surface area contributed by atoms with Crippen molar-refractivity contribution in [3.63, 3.8) is 0 Å². The quantitative estimate of drug-likeness (QED) is 0.907. The van der Waals surface area contributed by atoms with E-state index in [1.54, 1.807) is 6.07 Å². The van der Waals surface area contributed by atoms with E-state index < -0.39 is 5.97 Å². The number of benzene rings is 1. The predicted octanol–water partition coefficient (Wildman–Crippen LogP) is 2.56. The van der Waals surface area contributed by atoms with E-state index in [0.29, 0.717) is 11.5 Å². The molecule has 4 heteroatoms. The van der Waals surface area contributed by atoms with E-state index in [9.17, 15) is 9.90 Å². The van der Waals surface area contributed by atoms with Crippen LogP contribution in [0.2, 0.25) is 0 Å². The van der Waals surface area contributed by atoms with E-state index in [-0.39, 0.29) is 0 Å². The van der Waals surface area contributed by atoms with E-state index in [1.807, 2.05) is 26.1 Å². The maximum absolute atomic E-state index is 11.3. The third-order valence-corrected chi connectivity index (χ3v) is 3.67. The zero-order valence-corrected chi connectivity index (χ0v) is 11.6. The van der Waals surface area contributed by atoms with Gasteiger partial charge in [0.15, 0.2) is 0 Å². The summed E-state index contributed by atoms with van der Waals surface area (Å²) in [5.74, 6) is -0.278. The first-order valence-corrected chi connectivity index (χ1v) is 6.70. The first kappa shape index (κ1) is 13.9. The van der Waals surface area contributed by atoms with Crippen LogP contribution in [0.1, 0.15) is 28.8 Å². The third kappa shape index (κ3) is 3.47. The lowest BCUT2D eigenvalue weighted by atomic mass is 9.99. The van der Waals surface area contributed by atoms with Gasteiger partial charge in [0, 0.05) is 26.8 Å². The molecule has 19 heavy (non-hydrogen) atoms. The van der Waals surface area contributed by atoms with E-state index in [1.165, 1.54) is 0 Å². The van der Waals surface area contributed by atoms with Gasteiger partial charge in [-0.3, -0.25) is 0 Å². The molecule has 1 aromatic rings. The van der Waals surface area contributed by atoms with E-state index >= 15 is 0 Å². The lowest BCUT2D eigenvalue weighted by Gasteiger charge is -2.29. The van der Waals surface area contributed by atoms with Crippen LogP contribution in [0, 0.1) is 12.8 Å². The lowest BCUT2D eigenvalue weighted by molar-refractivity contribution is 0.0678. The van der Waals surface area contributed by atoms with E-state index in [2.05, 4.69) is 4.90 Å². The SMILES string of the molecule is Cc1ccc(N(C)CC2CCOCC2)c(C(=O)O)c1. The van der Waals surface area contributed by atoms with Gasteiger partial charge in [0.25, 0.3) is 0 Å². The number of nitrogens with zero attached hydrogens (tertiary/aromatic N) is 1. The van der Waals surface area contributed by atoms with Gasteiger partial charge in [-0.25, -0.2) is 4.79 Å². The van der Waals surface area contributed by atoms with Crippen molar-refractivity contribution in [3.8, 4) is 0 Å². The third-order valence-electron chi connectivity index (χ3n) is 3.67. The Labute approximate surface area is 114 Å². The van der Waals surface area contributed by atoms with E-state index in [4.69, 9.17) is 4.74 Å². The molecule has 1 aromatic carbocycles. The molecule has 1 saturated heterocycles. The van der Waals surface area contributed by atoms with Gasteiger partial charge in [-0.15, -0.1) is 0 Å². The van der Waals surface area contributed by atoms with Crippen molar-refractivity contribution in [1.29, 1.82) is 0 Å². The molecule has 0 aliphatic carbocycles. The number of aromatic carboxylic acids is 1. The zero-order valence-electron chi connectivity index (χ0n) is 11.6. The van der Waals surface area contributed by atoms with Crippen molar-refractivity contribution in [1.82, 2.24) is 0 Å². The summed E-state index contributed by atoms with van der Waals surface area (Å²) in [7, 11) is 1.96. The minimum Gasteiger partial charge on any atom is -0.478 e. The number of rotatable bonds is 4. The summed E-state index contributed by atoms with van der Waals surface area (Å²) in [6.07, 6.45) is 2.11. The highest BCUT2D eigenvalue weighted by Gasteiger charge is 2.19. The number of hydrogen-bond donors (Lipinski definition) is 1. The number of carbonyl (C=O) groups is 1. The fourth-order valence-corrected chi connectivity index (χ4v) is 2.57. The highest BCUT2D eigenvalue weighted by Crippen LogP contribution is 2.24. The molecule has 0 aromatic heterocycles. The van der Waals surface area contributed by atoms with Crippen LogP contribution in [0.4, 0.5) is 5.69 Å². The van der Waals surface area contributed by atoms with E-state index in [0.717, 1.165) is 43.9 Å². The van der Waals surface area contributed by atoms with Crippen LogP contribution in [-0.2, 0) is 4.74 Å². The minimum absolute atomic E-state index is 0.384. The van der Waals surface area contributed by atoms with Gasteiger partial charge >= 0.3 is 5.97 Å². The summed E-state index contributed by atoms with van der Waals surface area (Å²) in [5.41, 5.74) is 2.15. The van der Waals surface area contributed by atoms with Crippen LogP contribution in [-0.4, -0.2) is 37.9 Å². The molecule has 0 radical (unpaired) electrons. The smallest absolute Gasteiger partial charge is 0.337 e. The van der Waals surface area contributed by atoms with Crippen molar-refractivity contribution in [2.45, 2.75) is 19.8 Å². The van der Waals surface area contributed by atoms with Crippen molar-refractivity contribution in [2.75, 3.05) is 31.7 Å². The number of hydrogen-bond acceptors (Lipinski definition) is 3.